The molecule has 0 saturated carbocycles. The molecule has 0 aliphatic carbocycles. The van der Waals surface area contributed by atoms with Crippen LogP contribution in [0.5, 0.6) is 0 Å². The molecular formula is C21H20N2O4. The number of benzene rings is 1. The van der Waals surface area contributed by atoms with Gasteiger partial charge in [0.2, 0.25) is 5.78 Å². The van der Waals surface area contributed by atoms with Crippen molar-refractivity contribution >= 4 is 23.6 Å². The molecule has 1 N–H and O–H groups in total. The van der Waals surface area contributed by atoms with E-state index in [1.54, 1.807) is 32.0 Å². The fourth-order valence-electron chi connectivity index (χ4n) is 2.80. The van der Waals surface area contributed by atoms with Gasteiger partial charge < -0.3 is 9.72 Å². The second kappa shape index (κ2) is 8.28. The molecule has 1 aromatic carbocycles. The molecule has 2 aromatic rings. The summed E-state index contributed by atoms with van der Waals surface area (Å²) in [6.07, 6.45) is 1.41. The van der Waals surface area contributed by atoms with Gasteiger partial charge in [0.05, 0.1) is 5.69 Å². The smallest absolute Gasteiger partial charge is 0.349 e. The van der Waals surface area contributed by atoms with Crippen LogP contribution in [0.2, 0.25) is 0 Å². The van der Waals surface area contributed by atoms with Crippen molar-refractivity contribution in [1.29, 1.82) is 5.26 Å². The number of carbonyl (C=O) groups excluding carboxylic acids is 3. The second-order valence-electron chi connectivity index (χ2n) is 6.26. The van der Waals surface area contributed by atoms with Crippen LogP contribution in [-0.2, 0) is 9.53 Å². The lowest BCUT2D eigenvalue weighted by atomic mass is 10.1. The molecule has 1 aromatic heterocycles. The molecule has 0 spiro atoms. The highest BCUT2D eigenvalue weighted by atomic mass is 16.5. The van der Waals surface area contributed by atoms with Gasteiger partial charge in [-0.1, -0.05) is 29.8 Å². The Morgan fingerprint density at radius 3 is 2.30 bits per heavy atom. The summed E-state index contributed by atoms with van der Waals surface area (Å²) in [6, 6.07) is 9.06. The third-order valence-corrected chi connectivity index (χ3v) is 4.13. The molecule has 27 heavy (non-hydrogen) atoms. The van der Waals surface area contributed by atoms with Gasteiger partial charge in [-0.25, -0.2) is 4.79 Å². The molecule has 6 heteroatoms. The van der Waals surface area contributed by atoms with Gasteiger partial charge in [0.1, 0.15) is 11.6 Å². The predicted octanol–water partition coefficient (Wildman–Crippen LogP) is 3.48. The Labute approximate surface area is 157 Å². The number of Topliss-reactive ketones (excluding diaryl/α,β-unsaturated/α-hetero) is 2. The number of ketones is 2. The minimum Gasteiger partial charge on any atom is -0.453 e. The summed E-state index contributed by atoms with van der Waals surface area (Å²) in [6.45, 7) is 6.19. The molecule has 0 unspecified atom stereocenters. The van der Waals surface area contributed by atoms with E-state index in [-0.39, 0.29) is 17.1 Å². The second-order valence-corrected chi connectivity index (χ2v) is 6.26. The first kappa shape index (κ1) is 19.9. The number of esters is 1. The van der Waals surface area contributed by atoms with E-state index in [1.807, 2.05) is 19.1 Å². The fourth-order valence-corrected chi connectivity index (χ4v) is 2.80. The van der Waals surface area contributed by atoms with Gasteiger partial charge in [0.25, 0.3) is 0 Å². The average molecular weight is 364 g/mol. The van der Waals surface area contributed by atoms with E-state index in [1.165, 1.54) is 13.0 Å². The SMILES string of the molecule is CC(=O)c1c(C)[nH]c(C(=O)COC(=O)/C(C#N)=C/c2ccc(C)cc2)c1C. The Hall–Kier alpha value is -3.46. The number of nitrogens with zero attached hydrogens (tertiary/aromatic N) is 1. The summed E-state index contributed by atoms with van der Waals surface area (Å²) >= 11 is 0. The van der Waals surface area contributed by atoms with Crippen LogP contribution in [0.3, 0.4) is 0 Å². The maximum absolute atomic E-state index is 12.3. The van der Waals surface area contributed by atoms with Crippen LogP contribution in [0.15, 0.2) is 29.8 Å². The number of hydrogen-bond acceptors (Lipinski definition) is 5. The summed E-state index contributed by atoms with van der Waals surface area (Å²) in [5.74, 6) is -1.49. The van der Waals surface area contributed by atoms with Gasteiger partial charge >= 0.3 is 5.97 Å². The third-order valence-electron chi connectivity index (χ3n) is 4.13. The minimum absolute atomic E-state index is 0.148. The summed E-state index contributed by atoms with van der Waals surface area (Å²) in [7, 11) is 0. The summed E-state index contributed by atoms with van der Waals surface area (Å²) in [5.41, 5.74) is 3.34. The molecule has 0 aliphatic rings. The molecule has 0 bridgehead atoms. The number of aryl methyl sites for hydroxylation is 2. The average Bonchev–Trinajstić information content (AvgIpc) is 2.93. The number of rotatable bonds is 6. The minimum atomic E-state index is -0.876. The summed E-state index contributed by atoms with van der Waals surface area (Å²) in [5, 5.41) is 9.19. The summed E-state index contributed by atoms with van der Waals surface area (Å²) in [4.78, 5) is 39.0. The van der Waals surface area contributed by atoms with Crippen molar-refractivity contribution in [3.8, 4) is 6.07 Å². The fraction of sp³-hybridized carbons (Fsp3) is 0.238. The van der Waals surface area contributed by atoms with Crippen molar-refractivity contribution < 1.29 is 19.1 Å². The number of ether oxygens (including phenoxy) is 1. The normalized spacial score (nSPS) is 11.0. The Bertz CT molecular complexity index is 973. The van der Waals surface area contributed by atoms with Gasteiger partial charge in [-0.15, -0.1) is 0 Å². The summed E-state index contributed by atoms with van der Waals surface area (Å²) < 4.78 is 4.99. The molecule has 6 nitrogen and oxygen atoms in total. The Balaban J connectivity index is 2.11. The standard InChI is InChI=1S/C21H20N2O4/c1-12-5-7-16(8-6-12)9-17(10-22)21(26)27-11-18(25)20-13(2)19(15(4)24)14(3)23-20/h5-9,23H,11H2,1-4H3/b17-9+. The van der Waals surface area contributed by atoms with Gasteiger partial charge in [-0.2, -0.15) is 5.26 Å². The molecular weight excluding hydrogens is 344 g/mol. The van der Waals surface area contributed by atoms with Gasteiger partial charge in [0.15, 0.2) is 12.4 Å². The van der Waals surface area contributed by atoms with E-state index in [9.17, 15) is 19.6 Å². The molecule has 0 saturated heterocycles. The van der Waals surface area contributed by atoms with Gasteiger partial charge in [-0.05, 0) is 44.9 Å². The Morgan fingerprint density at radius 1 is 1.15 bits per heavy atom. The lowest BCUT2D eigenvalue weighted by molar-refractivity contribution is -0.137. The first-order valence-corrected chi connectivity index (χ1v) is 8.33. The highest BCUT2D eigenvalue weighted by Gasteiger charge is 2.21. The number of nitriles is 1. The van der Waals surface area contributed by atoms with Gasteiger partial charge in [0, 0.05) is 11.3 Å². The van der Waals surface area contributed by atoms with E-state index in [4.69, 9.17) is 4.74 Å². The Morgan fingerprint density at radius 2 is 1.78 bits per heavy atom. The molecule has 0 atom stereocenters. The molecule has 0 aliphatic heterocycles. The molecule has 1 heterocycles. The van der Waals surface area contributed by atoms with Crippen molar-refractivity contribution in [2.75, 3.05) is 6.61 Å². The molecule has 0 radical (unpaired) electrons. The van der Waals surface area contributed by atoms with Crippen molar-refractivity contribution in [1.82, 2.24) is 4.98 Å². The predicted molar refractivity (Wildman–Crippen MR) is 100 cm³/mol. The maximum atomic E-state index is 12.3. The highest BCUT2D eigenvalue weighted by molar-refractivity contribution is 6.05. The molecule has 138 valence electrons. The van der Waals surface area contributed by atoms with E-state index in [2.05, 4.69) is 4.98 Å². The first-order valence-electron chi connectivity index (χ1n) is 8.33. The quantitative estimate of drug-likeness (QED) is 0.366. The zero-order valence-electron chi connectivity index (χ0n) is 15.7. The number of H-pyrrole nitrogens is 1. The van der Waals surface area contributed by atoms with Crippen LogP contribution >= 0.6 is 0 Å². The van der Waals surface area contributed by atoms with Crippen LogP contribution in [0.4, 0.5) is 0 Å². The van der Waals surface area contributed by atoms with E-state index >= 15 is 0 Å². The van der Waals surface area contributed by atoms with Gasteiger partial charge in [-0.3, -0.25) is 9.59 Å². The van der Waals surface area contributed by atoms with Crippen molar-refractivity contribution in [3.05, 3.63) is 63.5 Å². The largest absolute Gasteiger partial charge is 0.453 e. The number of hydrogen-bond donors (Lipinski definition) is 1. The van der Waals surface area contributed by atoms with E-state index < -0.39 is 18.4 Å². The lowest BCUT2D eigenvalue weighted by Gasteiger charge is -2.04. The first-order chi connectivity index (χ1) is 12.7. The van der Waals surface area contributed by atoms with Crippen molar-refractivity contribution in [2.45, 2.75) is 27.7 Å². The maximum Gasteiger partial charge on any atom is 0.349 e. The number of carbonyl (C=O) groups is 3. The molecule has 0 amide bonds. The van der Waals surface area contributed by atoms with Crippen molar-refractivity contribution in [2.24, 2.45) is 0 Å². The zero-order chi connectivity index (χ0) is 20.1. The number of nitrogens with one attached hydrogen (secondary N) is 1. The van der Waals surface area contributed by atoms with Crippen LogP contribution in [0.25, 0.3) is 6.08 Å². The lowest BCUT2D eigenvalue weighted by Crippen LogP contribution is -2.16. The Kier molecular flexibility index (Phi) is 6.09. The number of aromatic amines is 1. The number of aromatic nitrogens is 1. The topological polar surface area (TPSA) is 100 Å². The van der Waals surface area contributed by atoms with Crippen LogP contribution < -0.4 is 0 Å². The van der Waals surface area contributed by atoms with Crippen LogP contribution in [0, 0.1) is 32.1 Å². The van der Waals surface area contributed by atoms with E-state index in [0.29, 0.717) is 22.4 Å². The van der Waals surface area contributed by atoms with Crippen LogP contribution in [-0.4, -0.2) is 29.1 Å². The highest BCUT2D eigenvalue weighted by Crippen LogP contribution is 2.19. The zero-order valence-corrected chi connectivity index (χ0v) is 15.7. The van der Waals surface area contributed by atoms with Crippen molar-refractivity contribution in [3.63, 3.8) is 0 Å². The molecule has 2 rings (SSSR count). The van der Waals surface area contributed by atoms with E-state index in [0.717, 1.165) is 5.56 Å². The van der Waals surface area contributed by atoms with Crippen LogP contribution in [0.1, 0.15) is 50.2 Å². The molecule has 0 fully saturated rings. The monoisotopic (exact) mass is 364 g/mol. The third kappa shape index (κ3) is 4.59.